The Morgan fingerprint density at radius 2 is 2.00 bits per heavy atom. The van der Waals surface area contributed by atoms with Gasteiger partial charge in [0.2, 0.25) is 0 Å². The van der Waals surface area contributed by atoms with E-state index in [1.165, 1.54) is 0 Å². The van der Waals surface area contributed by atoms with E-state index in [2.05, 4.69) is 5.32 Å². The molecule has 0 aliphatic heterocycles. The Balaban J connectivity index is 2.78. The summed E-state index contributed by atoms with van der Waals surface area (Å²) in [6.07, 6.45) is 0.389. The molecule has 0 aromatic carbocycles. The number of amides is 1. The highest BCUT2D eigenvalue weighted by Gasteiger charge is 2.24. The molecule has 0 saturated heterocycles. The molecule has 5 nitrogen and oxygen atoms in total. The molecule has 5 heteroatoms. The molecule has 1 amide bonds. The normalized spacial score (nSPS) is 12.5. The largest absolute Gasteiger partial charge is 0.480 e. The van der Waals surface area contributed by atoms with Crippen molar-refractivity contribution in [3.63, 3.8) is 0 Å². The van der Waals surface area contributed by atoms with Crippen LogP contribution < -0.4 is 5.32 Å². The number of carbonyl (C=O) groups excluding carboxylic acids is 1. The highest BCUT2D eigenvalue weighted by atomic mass is 16.4. The van der Waals surface area contributed by atoms with Crippen molar-refractivity contribution in [1.82, 2.24) is 5.32 Å². The smallest absolute Gasteiger partial charge is 0.326 e. The van der Waals surface area contributed by atoms with Crippen molar-refractivity contribution in [3.8, 4) is 0 Å². The summed E-state index contributed by atoms with van der Waals surface area (Å²) in [5, 5.41) is 11.5. The number of hydrogen-bond acceptors (Lipinski definition) is 3. The third-order valence-corrected chi connectivity index (χ3v) is 2.56. The van der Waals surface area contributed by atoms with Crippen LogP contribution in [0, 0.1) is 19.8 Å². The summed E-state index contributed by atoms with van der Waals surface area (Å²) in [7, 11) is 0. The van der Waals surface area contributed by atoms with Crippen molar-refractivity contribution in [1.29, 1.82) is 0 Å². The Hall–Kier alpha value is -1.78. The molecule has 100 valence electrons. The Labute approximate surface area is 106 Å². The first-order valence-electron chi connectivity index (χ1n) is 5.92. The quantitative estimate of drug-likeness (QED) is 0.842. The molecule has 18 heavy (non-hydrogen) atoms. The third-order valence-electron chi connectivity index (χ3n) is 2.56. The molecule has 1 aromatic heterocycles. The van der Waals surface area contributed by atoms with Gasteiger partial charge in [0.15, 0.2) is 5.76 Å². The summed E-state index contributed by atoms with van der Waals surface area (Å²) in [6.45, 7) is 7.31. The van der Waals surface area contributed by atoms with Gasteiger partial charge in [-0.05, 0) is 32.3 Å². The molecule has 0 saturated carbocycles. The van der Waals surface area contributed by atoms with Gasteiger partial charge in [0.1, 0.15) is 11.8 Å². The topological polar surface area (TPSA) is 79.5 Å². The van der Waals surface area contributed by atoms with Crippen molar-refractivity contribution in [3.05, 3.63) is 23.2 Å². The van der Waals surface area contributed by atoms with Crippen LogP contribution in [-0.2, 0) is 4.79 Å². The predicted octanol–water partition coefficient (Wildman–Crippen LogP) is 2.13. The lowest BCUT2D eigenvalue weighted by molar-refractivity contribution is -0.139. The van der Waals surface area contributed by atoms with Crippen molar-refractivity contribution >= 4 is 11.9 Å². The van der Waals surface area contributed by atoms with E-state index >= 15 is 0 Å². The first-order valence-corrected chi connectivity index (χ1v) is 5.92. The summed E-state index contributed by atoms with van der Waals surface area (Å²) >= 11 is 0. The minimum absolute atomic E-state index is 0.183. The lowest BCUT2D eigenvalue weighted by atomic mass is 10.0. The van der Waals surface area contributed by atoms with Crippen molar-refractivity contribution in [2.75, 3.05) is 0 Å². The summed E-state index contributed by atoms with van der Waals surface area (Å²) < 4.78 is 5.26. The lowest BCUT2D eigenvalue weighted by Gasteiger charge is -2.15. The van der Waals surface area contributed by atoms with Crippen LogP contribution in [0.5, 0.6) is 0 Å². The van der Waals surface area contributed by atoms with Gasteiger partial charge >= 0.3 is 5.97 Å². The van der Waals surface area contributed by atoms with Crippen molar-refractivity contribution in [2.45, 2.75) is 40.2 Å². The summed E-state index contributed by atoms with van der Waals surface area (Å²) in [6, 6.07) is 0.856. The van der Waals surface area contributed by atoms with Gasteiger partial charge in [-0.2, -0.15) is 0 Å². The lowest BCUT2D eigenvalue weighted by Crippen LogP contribution is -2.41. The maximum absolute atomic E-state index is 11.9. The van der Waals surface area contributed by atoms with Gasteiger partial charge in [-0.3, -0.25) is 4.79 Å². The number of aliphatic carboxylic acids is 1. The minimum atomic E-state index is -1.03. The van der Waals surface area contributed by atoms with Crippen LogP contribution in [0.2, 0.25) is 0 Å². The molecule has 1 unspecified atom stereocenters. The molecule has 1 aromatic rings. The predicted molar refractivity (Wildman–Crippen MR) is 66.5 cm³/mol. The Bertz CT molecular complexity index is 448. The number of rotatable bonds is 5. The second kappa shape index (κ2) is 5.71. The van der Waals surface area contributed by atoms with Gasteiger partial charge in [-0.15, -0.1) is 0 Å². The Morgan fingerprint density at radius 1 is 1.39 bits per heavy atom. The summed E-state index contributed by atoms with van der Waals surface area (Å²) in [4.78, 5) is 23.0. The molecule has 0 fully saturated rings. The van der Waals surface area contributed by atoms with E-state index in [1.807, 2.05) is 13.8 Å². The van der Waals surface area contributed by atoms with E-state index in [-0.39, 0.29) is 11.7 Å². The molecule has 0 radical (unpaired) electrons. The zero-order chi connectivity index (χ0) is 13.9. The number of carbonyl (C=O) groups is 2. The number of carboxylic acid groups (broad SMARTS) is 1. The second-order valence-corrected chi connectivity index (χ2v) is 4.86. The second-order valence-electron chi connectivity index (χ2n) is 4.86. The zero-order valence-electron chi connectivity index (χ0n) is 11.1. The average Bonchev–Trinajstić information content (AvgIpc) is 2.56. The summed E-state index contributed by atoms with van der Waals surface area (Å²) in [5.41, 5.74) is 0.707. The highest BCUT2D eigenvalue weighted by Crippen LogP contribution is 2.14. The van der Waals surface area contributed by atoms with Crippen LogP contribution in [0.1, 0.15) is 42.1 Å². The molecule has 1 rings (SSSR count). The van der Waals surface area contributed by atoms with E-state index in [9.17, 15) is 9.59 Å². The average molecular weight is 253 g/mol. The van der Waals surface area contributed by atoms with Crippen LogP contribution in [0.3, 0.4) is 0 Å². The van der Waals surface area contributed by atoms with E-state index < -0.39 is 17.9 Å². The molecule has 1 atom stereocenters. The minimum Gasteiger partial charge on any atom is -0.480 e. The first kappa shape index (κ1) is 14.3. The fraction of sp³-hybridized carbons (Fsp3) is 0.538. The third kappa shape index (κ3) is 3.61. The standard InChI is InChI=1S/C13H19NO4/c1-7(2)5-10(13(16)17)14-12(15)11-8(3)6-9(4)18-11/h6-7,10H,5H2,1-4H3,(H,14,15)(H,16,17). The van der Waals surface area contributed by atoms with E-state index in [0.29, 0.717) is 17.7 Å². The zero-order valence-corrected chi connectivity index (χ0v) is 11.1. The van der Waals surface area contributed by atoms with Crippen LogP contribution >= 0.6 is 0 Å². The van der Waals surface area contributed by atoms with Crippen LogP contribution in [0.4, 0.5) is 0 Å². The molecule has 1 heterocycles. The number of aryl methyl sites for hydroxylation is 2. The van der Waals surface area contributed by atoms with Gasteiger partial charge in [0, 0.05) is 5.56 Å². The number of hydrogen-bond donors (Lipinski definition) is 2. The van der Waals surface area contributed by atoms with E-state index in [0.717, 1.165) is 0 Å². The molecule has 0 spiro atoms. The monoisotopic (exact) mass is 253 g/mol. The van der Waals surface area contributed by atoms with Crippen LogP contribution in [0.15, 0.2) is 10.5 Å². The van der Waals surface area contributed by atoms with Crippen molar-refractivity contribution < 1.29 is 19.1 Å². The maximum atomic E-state index is 11.9. The first-order chi connectivity index (χ1) is 8.31. The number of carboxylic acids is 1. The summed E-state index contributed by atoms with van der Waals surface area (Å²) in [5.74, 6) is -0.506. The number of furan rings is 1. The molecule has 0 bridgehead atoms. The van der Waals surface area contributed by atoms with Gasteiger partial charge < -0.3 is 14.8 Å². The fourth-order valence-corrected chi connectivity index (χ4v) is 1.78. The molecular formula is C13H19NO4. The van der Waals surface area contributed by atoms with E-state index in [4.69, 9.17) is 9.52 Å². The van der Waals surface area contributed by atoms with Crippen LogP contribution in [0.25, 0.3) is 0 Å². The molecular weight excluding hydrogens is 234 g/mol. The highest BCUT2D eigenvalue weighted by molar-refractivity contribution is 5.95. The Morgan fingerprint density at radius 3 is 2.39 bits per heavy atom. The van der Waals surface area contributed by atoms with Gasteiger partial charge in [0.25, 0.3) is 5.91 Å². The maximum Gasteiger partial charge on any atom is 0.326 e. The molecule has 0 aliphatic rings. The van der Waals surface area contributed by atoms with Crippen molar-refractivity contribution in [2.24, 2.45) is 5.92 Å². The van der Waals surface area contributed by atoms with E-state index in [1.54, 1.807) is 19.9 Å². The fourth-order valence-electron chi connectivity index (χ4n) is 1.78. The van der Waals surface area contributed by atoms with Gasteiger partial charge in [-0.1, -0.05) is 13.8 Å². The molecule has 2 N–H and O–H groups in total. The van der Waals surface area contributed by atoms with Crippen LogP contribution in [-0.4, -0.2) is 23.0 Å². The Kier molecular flexibility index (Phi) is 4.53. The van der Waals surface area contributed by atoms with Gasteiger partial charge in [-0.25, -0.2) is 4.79 Å². The SMILES string of the molecule is Cc1cc(C)c(C(=O)NC(CC(C)C)C(=O)O)o1. The number of nitrogens with one attached hydrogen (secondary N) is 1. The van der Waals surface area contributed by atoms with Gasteiger partial charge in [0.05, 0.1) is 0 Å². The molecule has 0 aliphatic carbocycles.